The van der Waals surface area contributed by atoms with E-state index in [1.54, 1.807) is 0 Å². The van der Waals surface area contributed by atoms with Crippen molar-refractivity contribution in [2.75, 3.05) is 13.2 Å². The summed E-state index contributed by atoms with van der Waals surface area (Å²) >= 11 is 5.36. The van der Waals surface area contributed by atoms with Crippen LogP contribution < -0.4 is 4.74 Å². The van der Waals surface area contributed by atoms with E-state index in [9.17, 15) is 0 Å². The Morgan fingerprint density at radius 2 is 2.08 bits per heavy atom. The molecular weight excluding hydrogens is 186 g/mol. The van der Waals surface area contributed by atoms with Crippen LogP contribution in [0.4, 0.5) is 0 Å². The number of aliphatic hydroxyl groups is 1. The molecular formula is C5H6ClN3O3. The van der Waals surface area contributed by atoms with Gasteiger partial charge in [-0.2, -0.15) is 9.97 Å². The highest BCUT2D eigenvalue weighted by Gasteiger charge is 2.03. The first-order valence-corrected chi connectivity index (χ1v) is 3.44. The number of aromatic nitrogens is 3. The average molecular weight is 192 g/mol. The van der Waals surface area contributed by atoms with Gasteiger partial charge in [0.2, 0.25) is 5.28 Å². The van der Waals surface area contributed by atoms with E-state index < -0.39 is 6.01 Å². The molecule has 0 aromatic carbocycles. The highest BCUT2D eigenvalue weighted by atomic mass is 35.5. The highest BCUT2D eigenvalue weighted by Crippen LogP contribution is 2.10. The zero-order valence-electron chi connectivity index (χ0n) is 5.94. The minimum atomic E-state index is -0.511. The van der Waals surface area contributed by atoms with Gasteiger partial charge >= 0.3 is 12.0 Å². The van der Waals surface area contributed by atoms with Crippen LogP contribution in [0.25, 0.3) is 0 Å². The Labute approximate surface area is 72.8 Å². The summed E-state index contributed by atoms with van der Waals surface area (Å²) in [6.45, 7) is -0.121. The van der Waals surface area contributed by atoms with Crippen LogP contribution in [0.15, 0.2) is 0 Å². The maximum atomic E-state index is 8.80. The predicted molar refractivity (Wildman–Crippen MR) is 39.1 cm³/mol. The number of hydrogen-bond donors (Lipinski definition) is 2. The third-order valence-electron chi connectivity index (χ3n) is 0.898. The van der Waals surface area contributed by atoms with E-state index in [-0.39, 0.29) is 24.5 Å². The molecule has 0 radical (unpaired) electrons. The van der Waals surface area contributed by atoms with Crippen molar-refractivity contribution in [3.8, 4) is 12.0 Å². The molecule has 0 bridgehead atoms. The van der Waals surface area contributed by atoms with E-state index >= 15 is 0 Å². The Morgan fingerprint density at radius 1 is 1.33 bits per heavy atom. The van der Waals surface area contributed by atoms with E-state index in [1.807, 2.05) is 0 Å². The Kier molecular flexibility index (Phi) is 3.01. The summed E-state index contributed by atoms with van der Waals surface area (Å²) in [7, 11) is 0. The van der Waals surface area contributed by atoms with Crippen LogP contribution in [0, 0.1) is 0 Å². The predicted octanol–water partition coefficient (Wildman–Crippen LogP) is -0.398. The third kappa shape index (κ3) is 2.48. The van der Waals surface area contributed by atoms with E-state index in [2.05, 4.69) is 15.0 Å². The second-order valence-electron chi connectivity index (χ2n) is 1.76. The van der Waals surface area contributed by atoms with Gasteiger partial charge in [-0.05, 0) is 11.6 Å². The Hall–Kier alpha value is -1.14. The van der Waals surface area contributed by atoms with Gasteiger partial charge in [0.1, 0.15) is 6.61 Å². The number of ether oxygens (including phenoxy) is 1. The summed E-state index contributed by atoms with van der Waals surface area (Å²) in [4.78, 5) is 10.2. The summed E-state index contributed by atoms with van der Waals surface area (Å²) in [6, 6.07) is -0.621. The van der Waals surface area contributed by atoms with E-state index in [4.69, 9.17) is 26.6 Å². The molecule has 12 heavy (non-hydrogen) atoms. The summed E-state index contributed by atoms with van der Waals surface area (Å²) in [5.74, 6) is 0. The molecule has 0 unspecified atom stereocenters. The lowest BCUT2D eigenvalue weighted by atomic mass is 10.8. The zero-order valence-corrected chi connectivity index (χ0v) is 6.69. The zero-order chi connectivity index (χ0) is 8.97. The van der Waals surface area contributed by atoms with Crippen LogP contribution in [0.2, 0.25) is 5.28 Å². The van der Waals surface area contributed by atoms with Gasteiger partial charge < -0.3 is 14.9 Å². The molecule has 66 valence electrons. The van der Waals surface area contributed by atoms with Crippen LogP contribution in [-0.2, 0) is 0 Å². The molecule has 0 spiro atoms. The van der Waals surface area contributed by atoms with E-state index in [1.165, 1.54) is 0 Å². The van der Waals surface area contributed by atoms with Crippen molar-refractivity contribution in [1.29, 1.82) is 0 Å². The van der Waals surface area contributed by atoms with Gasteiger partial charge in [-0.15, -0.1) is 4.98 Å². The first-order valence-electron chi connectivity index (χ1n) is 3.06. The van der Waals surface area contributed by atoms with Gasteiger partial charge in [0.15, 0.2) is 0 Å². The smallest absolute Gasteiger partial charge is 0.324 e. The first kappa shape index (κ1) is 8.95. The minimum Gasteiger partial charge on any atom is -0.479 e. The monoisotopic (exact) mass is 191 g/mol. The second-order valence-corrected chi connectivity index (χ2v) is 2.10. The largest absolute Gasteiger partial charge is 0.479 e. The fraction of sp³-hybridized carbons (Fsp3) is 0.400. The number of halogens is 1. The van der Waals surface area contributed by atoms with Crippen LogP contribution in [-0.4, -0.2) is 38.4 Å². The van der Waals surface area contributed by atoms with E-state index in [0.717, 1.165) is 0 Å². The SMILES string of the molecule is OCCOc1nc(O)nc(Cl)n1. The molecule has 1 heterocycles. The lowest BCUT2D eigenvalue weighted by Crippen LogP contribution is -2.05. The average Bonchev–Trinajstić information content (AvgIpc) is 1.99. The number of nitrogens with zero attached hydrogens (tertiary/aromatic N) is 3. The Morgan fingerprint density at radius 3 is 2.67 bits per heavy atom. The molecule has 0 atom stereocenters. The van der Waals surface area contributed by atoms with Gasteiger partial charge in [0.05, 0.1) is 6.61 Å². The molecule has 0 fully saturated rings. The summed E-state index contributed by atoms with van der Waals surface area (Å²) in [5.41, 5.74) is 0. The number of aromatic hydroxyl groups is 1. The summed E-state index contributed by atoms with van der Waals surface area (Å²) in [5, 5.41) is 17.0. The number of aliphatic hydroxyl groups excluding tert-OH is 1. The molecule has 7 heteroatoms. The van der Waals surface area contributed by atoms with Crippen molar-refractivity contribution >= 4 is 11.6 Å². The van der Waals surface area contributed by atoms with Crippen LogP contribution in [0.5, 0.6) is 12.0 Å². The van der Waals surface area contributed by atoms with Crippen molar-refractivity contribution in [2.45, 2.75) is 0 Å². The van der Waals surface area contributed by atoms with E-state index in [0.29, 0.717) is 0 Å². The molecule has 0 aliphatic carbocycles. The number of rotatable bonds is 3. The lowest BCUT2D eigenvalue weighted by Gasteiger charge is -2.00. The first-order chi connectivity index (χ1) is 5.72. The van der Waals surface area contributed by atoms with Gasteiger partial charge in [-0.3, -0.25) is 0 Å². The molecule has 0 amide bonds. The van der Waals surface area contributed by atoms with Crippen LogP contribution >= 0.6 is 11.6 Å². The number of hydrogen-bond acceptors (Lipinski definition) is 6. The van der Waals surface area contributed by atoms with Crippen molar-refractivity contribution in [2.24, 2.45) is 0 Å². The van der Waals surface area contributed by atoms with Crippen molar-refractivity contribution in [3.05, 3.63) is 5.28 Å². The van der Waals surface area contributed by atoms with Crippen molar-refractivity contribution in [1.82, 2.24) is 15.0 Å². The fourth-order valence-electron chi connectivity index (χ4n) is 0.523. The third-order valence-corrected chi connectivity index (χ3v) is 1.07. The molecule has 6 nitrogen and oxygen atoms in total. The van der Waals surface area contributed by atoms with Crippen molar-refractivity contribution < 1.29 is 14.9 Å². The summed E-state index contributed by atoms with van der Waals surface area (Å²) < 4.78 is 4.76. The van der Waals surface area contributed by atoms with Gasteiger partial charge in [-0.1, -0.05) is 0 Å². The lowest BCUT2D eigenvalue weighted by molar-refractivity contribution is 0.189. The molecule has 0 saturated carbocycles. The second kappa shape index (κ2) is 4.03. The normalized spacial score (nSPS) is 9.83. The minimum absolute atomic E-state index is 0.0415. The maximum absolute atomic E-state index is 8.80. The van der Waals surface area contributed by atoms with Crippen LogP contribution in [0.3, 0.4) is 0 Å². The van der Waals surface area contributed by atoms with Crippen molar-refractivity contribution in [3.63, 3.8) is 0 Å². The van der Waals surface area contributed by atoms with Gasteiger partial charge in [0, 0.05) is 0 Å². The highest BCUT2D eigenvalue weighted by molar-refractivity contribution is 6.28. The summed E-state index contributed by atoms with van der Waals surface area (Å²) in [6.07, 6.45) is 0. The fourth-order valence-corrected chi connectivity index (χ4v) is 0.671. The molecule has 1 rings (SSSR count). The standard InChI is InChI=1S/C5H6ClN3O3/c6-3-7-4(11)9-5(8-3)12-2-1-10/h10H,1-2H2,(H,7,8,9,11). The topological polar surface area (TPSA) is 88.4 Å². The molecule has 0 aliphatic rings. The Balaban J connectivity index is 2.72. The van der Waals surface area contributed by atoms with Gasteiger partial charge in [-0.25, -0.2) is 0 Å². The molecule has 0 aliphatic heterocycles. The van der Waals surface area contributed by atoms with Crippen LogP contribution in [0.1, 0.15) is 0 Å². The molecule has 0 saturated heterocycles. The molecule has 2 N–H and O–H groups in total. The Bertz CT molecular complexity index is 250. The molecule has 1 aromatic heterocycles. The maximum Gasteiger partial charge on any atom is 0.324 e. The molecule has 1 aromatic rings. The quantitative estimate of drug-likeness (QED) is 0.676. The van der Waals surface area contributed by atoms with Gasteiger partial charge in [0.25, 0.3) is 0 Å².